The Morgan fingerprint density at radius 1 is 0.880 bits per heavy atom. The van der Waals surface area contributed by atoms with Gasteiger partial charge in [-0.05, 0) is 62.4 Å². The van der Waals surface area contributed by atoms with Crippen LogP contribution in [0, 0.1) is 6.57 Å². The number of ether oxygens (including phenoxy) is 2. The lowest BCUT2D eigenvalue weighted by Crippen LogP contribution is -2.54. The summed E-state index contributed by atoms with van der Waals surface area (Å²) < 4.78 is 11.6. The summed E-state index contributed by atoms with van der Waals surface area (Å²) in [6.07, 6.45) is 6.22. The van der Waals surface area contributed by atoms with E-state index < -0.39 is 29.7 Å². The van der Waals surface area contributed by atoms with Crippen LogP contribution >= 0.6 is 0 Å². The van der Waals surface area contributed by atoms with E-state index in [-0.39, 0.29) is 24.0 Å². The molecule has 3 aromatic rings. The highest BCUT2D eigenvalue weighted by Crippen LogP contribution is 2.31. The highest BCUT2D eigenvalue weighted by Gasteiger charge is 2.44. The zero-order valence-corrected chi connectivity index (χ0v) is 27.8. The number of hydrogen-bond acceptors (Lipinski definition) is 11. The summed E-state index contributed by atoms with van der Waals surface area (Å²) in [6, 6.07) is 10.2. The number of piperazine rings is 1. The lowest BCUT2D eigenvalue weighted by Gasteiger charge is -2.42. The Morgan fingerprint density at radius 2 is 1.68 bits per heavy atom. The van der Waals surface area contributed by atoms with Crippen LogP contribution in [0.2, 0.25) is 0 Å². The molecule has 2 N–H and O–H groups in total. The van der Waals surface area contributed by atoms with Gasteiger partial charge in [0.15, 0.2) is 5.69 Å². The number of anilines is 1. The molecular weight excluding hydrogens is 640 g/mol. The van der Waals surface area contributed by atoms with E-state index >= 15 is 0 Å². The molecule has 1 aliphatic carbocycles. The molecule has 1 saturated carbocycles. The highest BCUT2D eigenvalue weighted by atomic mass is 16.5. The van der Waals surface area contributed by atoms with Gasteiger partial charge in [0, 0.05) is 56.6 Å². The number of nitrogens with one attached hydrogen (secondary N) is 2. The molecular formula is C36H40N8O6. The average Bonchev–Trinajstić information content (AvgIpc) is 3.38. The molecule has 1 unspecified atom stereocenters. The number of aromatic nitrogens is 2. The predicted molar refractivity (Wildman–Crippen MR) is 183 cm³/mol. The van der Waals surface area contributed by atoms with Crippen LogP contribution in [0.1, 0.15) is 59.2 Å². The second-order valence-corrected chi connectivity index (χ2v) is 13.2. The maximum atomic E-state index is 13.0. The van der Waals surface area contributed by atoms with Crippen molar-refractivity contribution < 1.29 is 28.7 Å². The van der Waals surface area contributed by atoms with Gasteiger partial charge in [-0.15, -0.1) is 0 Å². The lowest BCUT2D eigenvalue weighted by atomic mass is 9.89. The molecule has 3 fully saturated rings. The first-order valence-corrected chi connectivity index (χ1v) is 17.3. The monoisotopic (exact) mass is 680 g/mol. The molecule has 0 bridgehead atoms. The minimum absolute atomic E-state index is 0.0762. The largest absolute Gasteiger partial charge is 0.491 e. The summed E-state index contributed by atoms with van der Waals surface area (Å²) >= 11 is 0. The number of benzene rings is 2. The SMILES string of the molecule is [C-]#[N+]c1ccc2ncnc(NC3CCC(N4CCN(CCOCCOc5ccc6c(c5)C(=O)N(C5CCC(=O)NC5=O)C6=O)CC4)CC3)c2c1. The van der Waals surface area contributed by atoms with Crippen molar-refractivity contribution in [3.63, 3.8) is 0 Å². The smallest absolute Gasteiger partial charge is 0.262 e. The second-order valence-electron chi connectivity index (χ2n) is 13.2. The number of piperidine rings is 1. The van der Waals surface area contributed by atoms with Crippen molar-refractivity contribution >= 4 is 46.0 Å². The number of nitrogens with zero attached hydrogens (tertiary/aromatic N) is 6. The number of carbonyl (C=O) groups excluding carboxylic acids is 4. The van der Waals surface area contributed by atoms with Gasteiger partial charge in [-0.25, -0.2) is 14.8 Å². The molecule has 0 radical (unpaired) electrons. The van der Waals surface area contributed by atoms with Gasteiger partial charge in [0.05, 0.1) is 36.4 Å². The molecule has 7 rings (SSSR count). The molecule has 4 heterocycles. The standard InChI is InChI=1S/C36H40N8O6/c1-37-24-4-9-30-29(20-24)33(39-22-38-30)40-23-2-5-25(6-3-23)43-14-12-42(13-15-43)16-17-49-18-19-50-26-7-8-27-28(21-26)36(48)44(35(27)47)31-10-11-32(45)41-34(31)46/h4,7-9,20-23,25,31H,2-3,5-6,10-19H2,(H,38,39,40)(H,41,45,46). The maximum absolute atomic E-state index is 13.0. The van der Waals surface area contributed by atoms with Crippen molar-refractivity contribution in [2.75, 3.05) is 57.9 Å². The molecule has 4 aliphatic rings. The molecule has 1 aromatic heterocycles. The molecule has 2 saturated heterocycles. The first kappa shape index (κ1) is 33.5. The zero-order chi connectivity index (χ0) is 34.6. The van der Waals surface area contributed by atoms with Gasteiger partial charge < -0.3 is 14.8 Å². The molecule has 0 spiro atoms. The molecule has 2 aromatic carbocycles. The van der Waals surface area contributed by atoms with Crippen molar-refractivity contribution in [3.05, 3.63) is 65.3 Å². The van der Waals surface area contributed by atoms with E-state index in [9.17, 15) is 19.2 Å². The number of imide groups is 2. The number of fused-ring (bicyclic) bond motifs is 2. The van der Waals surface area contributed by atoms with Crippen molar-refractivity contribution in [1.29, 1.82) is 0 Å². The van der Waals surface area contributed by atoms with Gasteiger partial charge in [0.25, 0.3) is 11.8 Å². The summed E-state index contributed by atoms with van der Waals surface area (Å²) in [4.78, 5) is 68.1. The van der Waals surface area contributed by atoms with Crippen LogP contribution in [0.25, 0.3) is 15.7 Å². The van der Waals surface area contributed by atoms with Crippen LogP contribution in [0.4, 0.5) is 11.5 Å². The van der Waals surface area contributed by atoms with E-state index in [1.807, 2.05) is 12.1 Å². The fourth-order valence-electron chi connectivity index (χ4n) is 7.41. The van der Waals surface area contributed by atoms with Gasteiger partial charge in [0.2, 0.25) is 11.8 Å². The fraction of sp³-hybridized carbons (Fsp3) is 0.472. The number of rotatable bonds is 11. The van der Waals surface area contributed by atoms with E-state index in [2.05, 4.69) is 35.2 Å². The molecule has 14 heteroatoms. The predicted octanol–water partition coefficient (Wildman–Crippen LogP) is 3.02. The minimum atomic E-state index is -0.996. The van der Waals surface area contributed by atoms with Gasteiger partial charge >= 0.3 is 0 Å². The molecule has 50 heavy (non-hydrogen) atoms. The van der Waals surface area contributed by atoms with E-state index in [1.165, 1.54) is 12.1 Å². The quantitative estimate of drug-likeness (QED) is 0.175. The van der Waals surface area contributed by atoms with Crippen molar-refractivity contribution in [2.45, 2.75) is 56.7 Å². The van der Waals surface area contributed by atoms with Crippen LogP contribution in [0.5, 0.6) is 5.75 Å². The Labute approximate surface area is 289 Å². The van der Waals surface area contributed by atoms with Gasteiger partial charge in [-0.3, -0.25) is 39.2 Å². The Balaban J connectivity index is 0.785. The summed E-state index contributed by atoms with van der Waals surface area (Å²) in [6.45, 7) is 13.5. The second kappa shape index (κ2) is 14.9. The summed E-state index contributed by atoms with van der Waals surface area (Å²) in [5.41, 5.74) is 1.84. The lowest BCUT2D eigenvalue weighted by molar-refractivity contribution is -0.136. The Morgan fingerprint density at radius 3 is 2.46 bits per heavy atom. The molecule has 260 valence electrons. The van der Waals surface area contributed by atoms with E-state index in [1.54, 1.807) is 18.5 Å². The number of carbonyl (C=O) groups is 4. The molecule has 14 nitrogen and oxygen atoms in total. The fourth-order valence-corrected chi connectivity index (χ4v) is 7.41. The van der Waals surface area contributed by atoms with Crippen LogP contribution < -0.4 is 15.4 Å². The Hall–Kier alpha value is -4.97. The molecule has 4 amide bonds. The van der Waals surface area contributed by atoms with Crippen molar-refractivity contribution in [3.8, 4) is 5.75 Å². The number of hydrogen-bond donors (Lipinski definition) is 2. The topological polar surface area (TPSA) is 151 Å². The van der Waals surface area contributed by atoms with Crippen LogP contribution in [0.15, 0.2) is 42.7 Å². The highest BCUT2D eigenvalue weighted by molar-refractivity contribution is 6.23. The summed E-state index contributed by atoms with van der Waals surface area (Å²) in [7, 11) is 0. The van der Waals surface area contributed by atoms with Gasteiger partial charge in [-0.2, -0.15) is 0 Å². The first-order valence-electron chi connectivity index (χ1n) is 17.3. The average molecular weight is 681 g/mol. The van der Waals surface area contributed by atoms with Crippen molar-refractivity contribution in [2.24, 2.45) is 0 Å². The third kappa shape index (κ3) is 7.16. The van der Waals surface area contributed by atoms with E-state index in [0.29, 0.717) is 43.3 Å². The Kier molecular flexibility index (Phi) is 9.97. The van der Waals surface area contributed by atoms with Crippen LogP contribution in [0.3, 0.4) is 0 Å². The van der Waals surface area contributed by atoms with Gasteiger partial charge in [-0.1, -0.05) is 6.07 Å². The summed E-state index contributed by atoms with van der Waals surface area (Å²) in [5, 5.41) is 6.73. The Bertz CT molecular complexity index is 1830. The number of amides is 4. The molecule has 3 aliphatic heterocycles. The zero-order valence-electron chi connectivity index (χ0n) is 27.8. The normalized spacial score (nSPS) is 23.1. The van der Waals surface area contributed by atoms with E-state index in [0.717, 1.165) is 80.0 Å². The third-order valence-corrected chi connectivity index (χ3v) is 10.2. The first-order chi connectivity index (χ1) is 24.4. The molecule has 1 atom stereocenters. The van der Waals surface area contributed by atoms with Crippen molar-refractivity contribution in [1.82, 2.24) is 30.0 Å². The third-order valence-electron chi connectivity index (χ3n) is 10.2. The maximum Gasteiger partial charge on any atom is 0.262 e. The summed E-state index contributed by atoms with van der Waals surface area (Å²) in [5.74, 6) is -0.889. The van der Waals surface area contributed by atoms with E-state index in [4.69, 9.17) is 16.0 Å². The minimum Gasteiger partial charge on any atom is -0.491 e. The van der Waals surface area contributed by atoms with Gasteiger partial charge in [0.1, 0.15) is 30.5 Å². The van der Waals surface area contributed by atoms with Crippen LogP contribution in [-0.4, -0.2) is 119 Å². The van der Waals surface area contributed by atoms with Crippen LogP contribution in [-0.2, 0) is 14.3 Å².